The standard InChI is InChI=1S/C25H23Cl2N5O2/c1-2-29-25(34)31-7-6-21-19(13-31)23(15-5-3-4-14(8-15)12-28)30-32(21)24-18-9-16(26)10-20(27)17(18)11-22(24)33/h3-5,8-10,22,24,33H,2,6-7,11,13H2,1H3,(H,29,34)/t22-,24-/m1/s1. The van der Waals surface area contributed by atoms with Crippen molar-refractivity contribution in [1.29, 1.82) is 5.26 Å². The summed E-state index contributed by atoms with van der Waals surface area (Å²) in [6, 6.07) is 12.4. The molecular weight excluding hydrogens is 473 g/mol. The third-order valence-corrected chi connectivity index (χ3v) is 7.08. The summed E-state index contributed by atoms with van der Waals surface area (Å²) >= 11 is 12.8. The zero-order chi connectivity index (χ0) is 24.0. The first-order valence-electron chi connectivity index (χ1n) is 11.2. The van der Waals surface area contributed by atoms with E-state index in [1.807, 2.05) is 29.8 Å². The molecule has 2 aliphatic rings. The van der Waals surface area contributed by atoms with Crippen LogP contribution in [-0.2, 0) is 19.4 Å². The van der Waals surface area contributed by atoms with Gasteiger partial charge in [-0.3, -0.25) is 4.68 Å². The van der Waals surface area contributed by atoms with E-state index in [-0.39, 0.29) is 6.03 Å². The van der Waals surface area contributed by atoms with Gasteiger partial charge in [-0.1, -0.05) is 35.3 Å². The first-order valence-corrected chi connectivity index (χ1v) is 12.0. The smallest absolute Gasteiger partial charge is 0.317 e. The van der Waals surface area contributed by atoms with E-state index >= 15 is 0 Å². The molecule has 2 atom stereocenters. The molecule has 2 N–H and O–H groups in total. The quantitative estimate of drug-likeness (QED) is 0.565. The van der Waals surface area contributed by atoms with Gasteiger partial charge in [-0.15, -0.1) is 0 Å². The van der Waals surface area contributed by atoms with Crippen molar-refractivity contribution in [2.24, 2.45) is 0 Å². The molecule has 2 aromatic carbocycles. The first-order chi connectivity index (χ1) is 16.4. The molecule has 0 saturated carbocycles. The van der Waals surface area contributed by atoms with Gasteiger partial charge >= 0.3 is 6.03 Å². The van der Waals surface area contributed by atoms with Gasteiger partial charge in [-0.25, -0.2) is 4.79 Å². The number of carbonyl (C=O) groups is 1. The predicted octanol–water partition coefficient (Wildman–Crippen LogP) is 4.32. The van der Waals surface area contributed by atoms with Gasteiger partial charge in [0.15, 0.2) is 0 Å². The third kappa shape index (κ3) is 3.82. The Hall–Kier alpha value is -3.05. The van der Waals surface area contributed by atoms with Crippen molar-refractivity contribution in [1.82, 2.24) is 20.0 Å². The molecule has 0 saturated heterocycles. The lowest BCUT2D eigenvalue weighted by atomic mass is 9.99. The summed E-state index contributed by atoms with van der Waals surface area (Å²) in [5.74, 6) is 0. The number of hydrogen-bond acceptors (Lipinski definition) is 4. The van der Waals surface area contributed by atoms with E-state index < -0.39 is 12.1 Å². The number of aromatic nitrogens is 2. The fourth-order valence-corrected chi connectivity index (χ4v) is 5.59. The lowest BCUT2D eigenvalue weighted by Gasteiger charge is -2.29. The number of benzene rings is 2. The second-order valence-corrected chi connectivity index (χ2v) is 9.43. The van der Waals surface area contributed by atoms with Gasteiger partial charge in [-0.2, -0.15) is 10.4 Å². The van der Waals surface area contributed by atoms with Crippen LogP contribution in [0.3, 0.4) is 0 Å². The summed E-state index contributed by atoms with van der Waals surface area (Å²) in [4.78, 5) is 14.4. The minimum Gasteiger partial charge on any atom is -0.390 e. The Kier molecular flexibility index (Phi) is 5.98. The Balaban J connectivity index is 1.66. The van der Waals surface area contributed by atoms with Crippen LogP contribution in [0.25, 0.3) is 11.3 Å². The number of halogens is 2. The molecule has 2 heterocycles. The zero-order valence-corrected chi connectivity index (χ0v) is 20.1. The minimum atomic E-state index is -0.713. The number of nitriles is 1. The largest absolute Gasteiger partial charge is 0.390 e. The number of aliphatic hydroxyl groups is 1. The van der Waals surface area contributed by atoms with Crippen LogP contribution in [0.15, 0.2) is 36.4 Å². The number of amides is 2. The highest BCUT2D eigenvalue weighted by Crippen LogP contribution is 2.42. The number of urea groups is 1. The molecule has 3 aromatic rings. The third-order valence-electron chi connectivity index (χ3n) is 6.52. The molecular formula is C25H23Cl2N5O2. The molecule has 5 rings (SSSR count). The van der Waals surface area contributed by atoms with Crippen molar-refractivity contribution in [2.75, 3.05) is 13.1 Å². The van der Waals surface area contributed by atoms with E-state index in [0.717, 1.165) is 27.9 Å². The molecule has 1 aromatic heterocycles. The number of fused-ring (bicyclic) bond motifs is 2. The van der Waals surface area contributed by atoms with Crippen LogP contribution in [0.4, 0.5) is 4.79 Å². The second kappa shape index (κ2) is 8.95. The Morgan fingerprint density at radius 3 is 2.88 bits per heavy atom. The summed E-state index contributed by atoms with van der Waals surface area (Å²) < 4.78 is 1.88. The number of aliphatic hydroxyl groups excluding tert-OH is 1. The molecule has 174 valence electrons. The van der Waals surface area contributed by atoms with E-state index in [9.17, 15) is 15.2 Å². The van der Waals surface area contributed by atoms with Crippen LogP contribution < -0.4 is 5.32 Å². The maximum Gasteiger partial charge on any atom is 0.317 e. The highest BCUT2D eigenvalue weighted by Gasteiger charge is 2.38. The Morgan fingerprint density at radius 2 is 2.12 bits per heavy atom. The van der Waals surface area contributed by atoms with Gasteiger partial charge in [-0.05, 0) is 42.3 Å². The molecule has 0 bridgehead atoms. The molecule has 0 unspecified atom stereocenters. The fraction of sp³-hybridized carbons (Fsp3) is 0.320. The first kappa shape index (κ1) is 22.7. The molecule has 7 nitrogen and oxygen atoms in total. The number of carbonyl (C=O) groups excluding carboxylic acids is 1. The van der Waals surface area contributed by atoms with Crippen LogP contribution in [0.2, 0.25) is 10.0 Å². The van der Waals surface area contributed by atoms with Gasteiger partial charge in [0.2, 0.25) is 0 Å². The van der Waals surface area contributed by atoms with E-state index in [2.05, 4.69) is 11.4 Å². The molecule has 2 amide bonds. The van der Waals surface area contributed by atoms with Crippen molar-refractivity contribution < 1.29 is 9.90 Å². The second-order valence-electron chi connectivity index (χ2n) is 8.59. The van der Waals surface area contributed by atoms with E-state index in [0.29, 0.717) is 53.8 Å². The van der Waals surface area contributed by atoms with E-state index in [1.165, 1.54) is 0 Å². The van der Waals surface area contributed by atoms with Crippen molar-refractivity contribution in [3.8, 4) is 17.3 Å². The zero-order valence-electron chi connectivity index (χ0n) is 18.6. The van der Waals surface area contributed by atoms with Crippen molar-refractivity contribution in [2.45, 2.75) is 38.5 Å². The van der Waals surface area contributed by atoms with Gasteiger partial charge in [0.1, 0.15) is 6.04 Å². The van der Waals surface area contributed by atoms with Crippen molar-refractivity contribution in [3.05, 3.63) is 74.4 Å². The Bertz CT molecular complexity index is 1330. The predicted molar refractivity (Wildman–Crippen MR) is 130 cm³/mol. The lowest BCUT2D eigenvalue weighted by molar-refractivity contribution is 0.136. The summed E-state index contributed by atoms with van der Waals surface area (Å²) in [6.07, 6.45) is 0.286. The fourth-order valence-electron chi connectivity index (χ4n) is 5.01. The number of nitrogens with one attached hydrogen (secondary N) is 1. The molecule has 34 heavy (non-hydrogen) atoms. The summed E-state index contributed by atoms with van der Waals surface area (Å²) in [7, 11) is 0. The minimum absolute atomic E-state index is 0.123. The molecule has 0 fully saturated rings. The van der Waals surface area contributed by atoms with Crippen LogP contribution in [-0.4, -0.2) is 45.0 Å². The Labute approximate surface area is 207 Å². The number of hydrogen-bond donors (Lipinski definition) is 2. The normalized spacial score (nSPS) is 18.9. The Morgan fingerprint density at radius 1 is 1.29 bits per heavy atom. The molecule has 1 aliphatic heterocycles. The summed E-state index contributed by atoms with van der Waals surface area (Å²) in [5, 5.41) is 29.4. The van der Waals surface area contributed by atoms with E-state index in [4.69, 9.17) is 28.3 Å². The van der Waals surface area contributed by atoms with Crippen molar-refractivity contribution in [3.63, 3.8) is 0 Å². The topological polar surface area (TPSA) is 94.2 Å². The van der Waals surface area contributed by atoms with Crippen LogP contribution in [0.1, 0.15) is 40.9 Å². The van der Waals surface area contributed by atoms with Crippen LogP contribution in [0, 0.1) is 11.3 Å². The van der Waals surface area contributed by atoms with E-state index in [1.54, 1.807) is 23.1 Å². The molecule has 1 aliphatic carbocycles. The van der Waals surface area contributed by atoms with Gasteiger partial charge in [0.05, 0.1) is 30.0 Å². The van der Waals surface area contributed by atoms with Gasteiger partial charge in [0, 0.05) is 52.8 Å². The molecule has 9 heteroatoms. The molecule has 0 spiro atoms. The number of nitrogens with zero attached hydrogens (tertiary/aromatic N) is 4. The maximum atomic E-state index is 12.6. The SMILES string of the molecule is CCNC(=O)N1CCc2c(c(-c3cccc(C#N)c3)nn2[C@@H]2c3cc(Cl)cc(Cl)c3C[C@H]2O)C1. The monoisotopic (exact) mass is 495 g/mol. The summed E-state index contributed by atoms with van der Waals surface area (Å²) in [6.45, 7) is 3.36. The number of rotatable bonds is 3. The highest BCUT2D eigenvalue weighted by molar-refractivity contribution is 6.35. The van der Waals surface area contributed by atoms with Gasteiger partial charge < -0.3 is 15.3 Å². The van der Waals surface area contributed by atoms with Crippen LogP contribution >= 0.6 is 23.2 Å². The average Bonchev–Trinajstić information content (AvgIpc) is 3.36. The highest BCUT2D eigenvalue weighted by atomic mass is 35.5. The van der Waals surface area contributed by atoms with Crippen molar-refractivity contribution >= 4 is 29.2 Å². The molecule has 0 radical (unpaired) electrons. The van der Waals surface area contributed by atoms with Gasteiger partial charge in [0.25, 0.3) is 0 Å². The van der Waals surface area contributed by atoms with Crippen LogP contribution in [0.5, 0.6) is 0 Å². The summed E-state index contributed by atoms with van der Waals surface area (Å²) in [5.41, 5.74) is 5.65. The average molecular weight is 496 g/mol. The maximum absolute atomic E-state index is 12.6. The lowest BCUT2D eigenvalue weighted by Crippen LogP contribution is -2.43.